The molecule has 0 spiro atoms. The van der Waals surface area contributed by atoms with Crippen molar-refractivity contribution in [1.29, 1.82) is 0 Å². The summed E-state index contributed by atoms with van der Waals surface area (Å²) in [5.74, 6) is 0. The molecule has 3 heterocycles. The average molecular weight is 485 g/mol. The topological polar surface area (TPSA) is 4.93 Å². The number of rotatable bonds is 0. The second-order valence-electron chi connectivity index (χ2n) is 12.5. The Morgan fingerprint density at radius 3 is 2.16 bits per heavy atom. The van der Waals surface area contributed by atoms with Crippen LogP contribution >= 0.6 is 0 Å². The summed E-state index contributed by atoms with van der Waals surface area (Å²) < 4.78 is 2.54. The number of aromatic nitrogens is 1. The maximum absolute atomic E-state index is 2.57. The second kappa shape index (κ2) is 6.50. The summed E-state index contributed by atoms with van der Waals surface area (Å²) >= 11 is 0. The summed E-state index contributed by atoms with van der Waals surface area (Å²) in [6.45, 7) is 9.88. The minimum absolute atomic E-state index is 0.00182. The summed E-state index contributed by atoms with van der Waals surface area (Å²) in [7, 11) is 0. The SMILES string of the molecule is CC1(C)c2ccccc2-c2cc3c(cc21)C(C)(C)c1cccc2c1B3c1cccc3c4ccccc4n-2c13. The number of fused-ring (bicyclic) bond motifs is 10. The molecule has 0 amide bonds. The van der Waals surface area contributed by atoms with Gasteiger partial charge >= 0.3 is 0 Å². The summed E-state index contributed by atoms with van der Waals surface area (Å²) in [5.41, 5.74) is 17.0. The van der Waals surface area contributed by atoms with Crippen LogP contribution in [0.5, 0.6) is 0 Å². The van der Waals surface area contributed by atoms with Crippen LogP contribution in [0.3, 0.4) is 0 Å². The Labute approximate surface area is 223 Å². The van der Waals surface area contributed by atoms with Gasteiger partial charge in [-0.3, -0.25) is 0 Å². The van der Waals surface area contributed by atoms with Crippen molar-refractivity contribution >= 4 is 44.9 Å². The zero-order valence-corrected chi connectivity index (χ0v) is 22.3. The summed E-state index contributed by atoms with van der Waals surface area (Å²) in [5, 5.41) is 2.69. The molecule has 1 nitrogen and oxygen atoms in total. The molecule has 38 heavy (non-hydrogen) atoms. The molecule has 0 unspecified atom stereocenters. The lowest BCUT2D eigenvalue weighted by Crippen LogP contribution is -2.63. The molecule has 1 aromatic heterocycles. The van der Waals surface area contributed by atoms with Crippen LogP contribution in [-0.2, 0) is 10.8 Å². The van der Waals surface area contributed by atoms with E-state index >= 15 is 0 Å². The van der Waals surface area contributed by atoms with Gasteiger partial charge in [0.25, 0.3) is 0 Å². The quantitative estimate of drug-likeness (QED) is 0.215. The molecule has 2 aliphatic heterocycles. The van der Waals surface area contributed by atoms with E-state index in [0.29, 0.717) is 0 Å². The lowest BCUT2D eigenvalue weighted by molar-refractivity contribution is 0.630. The van der Waals surface area contributed by atoms with Gasteiger partial charge in [-0.2, -0.15) is 0 Å². The van der Waals surface area contributed by atoms with Crippen molar-refractivity contribution in [3.8, 4) is 16.8 Å². The molecule has 1 aliphatic carbocycles. The van der Waals surface area contributed by atoms with Crippen LogP contribution in [0.15, 0.2) is 97.1 Å². The van der Waals surface area contributed by atoms with Gasteiger partial charge in [0.15, 0.2) is 0 Å². The maximum atomic E-state index is 2.57. The van der Waals surface area contributed by atoms with E-state index in [4.69, 9.17) is 0 Å². The van der Waals surface area contributed by atoms with Gasteiger partial charge < -0.3 is 4.57 Å². The summed E-state index contributed by atoms with van der Waals surface area (Å²) in [6, 6.07) is 37.1. The van der Waals surface area contributed by atoms with Crippen LogP contribution in [0.2, 0.25) is 0 Å². The second-order valence-corrected chi connectivity index (χ2v) is 12.5. The molecule has 180 valence electrons. The Hall–Kier alpha value is -4.04. The van der Waals surface area contributed by atoms with E-state index in [1.54, 1.807) is 0 Å². The number of para-hydroxylation sites is 2. The first kappa shape index (κ1) is 21.0. The highest BCUT2D eigenvalue weighted by molar-refractivity contribution is 6.99. The smallest absolute Gasteiger partial charge is 0.247 e. The molecule has 0 N–H and O–H groups in total. The molecule has 0 atom stereocenters. The molecule has 0 radical (unpaired) electrons. The zero-order chi connectivity index (χ0) is 25.6. The van der Waals surface area contributed by atoms with Crippen LogP contribution in [0.25, 0.3) is 38.6 Å². The third kappa shape index (κ3) is 2.20. The molecule has 2 heteroatoms. The normalized spacial score (nSPS) is 16.8. The van der Waals surface area contributed by atoms with E-state index in [9.17, 15) is 0 Å². The van der Waals surface area contributed by atoms with Gasteiger partial charge in [0.1, 0.15) is 0 Å². The van der Waals surface area contributed by atoms with Gasteiger partial charge in [-0.25, -0.2) is 0 Å². The van der Waals surface area contributed by atoms with Crippen molar-refractivity contribution in [3.05, 3.63) is 119 Å². The Morgan fingerprint density at radius 1 is 0.553 bits per heavy atom. The third-order valence-electron chi connectivity index (χ3n) is 10.1. The van der Waals surface area contributed by atoms with E-state index in [1.165, 1.54) is 77.3 Å². The molecule has 6 aromatic rings. The van der Waals surface area contributed by atoms with Crippen molar-refractivity contribution in [3.63, 3.8) is 0 Å². The molecule has 0 bridgehead atoms. The van der Waals surface area contributed by atoms with Gasteiger partial charge in [-0.1, -0.05) is 118 Å². The summed E-state index contributed by atoms with van der Waals surface area (Å²) in [4.78, 5) is 0. The Bertz CT molecular complexity index is 2040. The average Bonchev–Trinajstić information content (AvgIpc) is 3.38. The van der Waals surface area contributed by atoms with Crippen molar-refractivity contribution in [2.45, 2.75) is 38.5 Å². The van der Waals surface area contributed by atoms with E-state index in [1.807, 2.05) is 0 Å². The van der Waals surface area contributed by atoms with Crippen LogP contribution in [0.1, 0.15) is 49.9 Å². The van der Waals surface area contributed by atoms with Crippen molar-refractivity contribution < 1.29 is 0 Å². The fourth-order valence-corrected chi connectivity index (χ4v) is 8.29. The first-order valence-corrected chi connectivity index (χ1v) is 13.8. The molecule has 0 fully saturated rings. The van der Waals surface area contributed by atoms with E-state index in [-0.39, 0.29) is 17.5 Å². The molecule has 0 saturated carbocycles. The third-order valence-corrected chi connectivity index (χ3v) is 10.1. The standard InChI is InChI=1S/C36H28BN/c1-35(2)25-14-7-5-11-21(25)24-19-30-28(20-27(24)35)36(3,4)26-15-10-18-32-33(26)37(30)29-16-9-13-23-22-12-6-8-17-31(22)38(32)34(23)29/h5-20H,1-4H3. The molecule has 3 aliphatic rings. The van der Waals surface area contributed by atoms with Crippen LogP contribution in [0.4, 0.5) is 0 Å². The molecular weight excluding hydrogens is 457 g/mol. The van der Waals surface area contributed by atoms with Crippen molar-refractivity contribution in [2.24, 2.45) is 0 Å². The molecule has 9 rings (SSSR count). The van der Waals surface area contributed by atoms with Gasteiger partial charge in [0, 0.05) is 32.8 Å². The fraction of sp³-hybridized carbons (Fsp3) is 0.167. The van der Waals surface area contributed by atoms with Gasteiger partial charge in [0.2, 0.25) is 6.71 Å². The van der Waals surface area contributed by atoms with E-state index < -0.39 is 0 Å². The van der Waals surface area contributed by atoms with Crippen LogP contribution in [0, 0.1) is 0 Å². The van der Waals surface area contributed by atoms with Gasteiger partial charge in [-0.15, -0.1) is 0 Å². The number of hydrogen-bond donors (Lipinski definition) is 0. The highest BCUT2D eigenvalue weighted by Crippen LogP contribution is 2.50. The first-order valence-electron chi connectivity index (χ1n) is 13.8. The Kier molecular flexibility index (Phi) is 3.59. The monoisotopic (exact) mass is 485 g/mol. The van der Waals surface area contributed by atoms with E-state index in [0.717, 1.165) is 0 Å². The van der Waals surface area contributed by atoms with E-state index in [2.05, 4.69) is 129 Å². The predicted molar refractivity (Wildman–Crippen MR) is 162 cm³/mol. The molecule has 5 aromatic carbocycles. The van der Waals surface area contributed by atoms with Crippen molar-refractivity contribution in [1.82, 2.24) is 4.57 Å². The molecular formula is C36H28BN. The molecule has 0 saturated heterocycles. The van der Waals surface area contributed by atoms with Crippen LogP contribution < -0.4 is 16.4 Å². The Morgan fingerprint density at radius 2 is 1.26 bits per heavy atom. The lowest BCUT2D eigenvalue weighted by Gasteiger charge is -2.42. The van der Waals surface area contributed by atoms with Crippen molar-refractivity contribution in [2.75, 3.05) is 0 Å². The highest BCUT2D eigenvalue weighted by atomic mass is 15.0. The number of hydrogen-bond acceptors (Lipinski definition) is 0. The predicted octanol–water partition coefficient (Wildman–Crippen LogP) is 6.56. The maximum Gasteiger partial charge on any atom is 0.247 e. The van der Waals surface area contributed by atoms with Crippen LogP contribution in [-0.4, -0.2) is 11.3 Å². The minimum atomic E-state index is -0.0918. The van der Waals surface area contributed by atoms with Gasteiger partial charge in [-0.05, 0) is 56.4 Å². The minimum Gasteiger partial charge on any atom is -0.310 e. The highest BCUT2D eigenvalue weighted by Gasteiger charge is 2.47. The zero-order valence-electron chi connectivity index (χ0n) is 22.3. The number of benzene rings is 5. The first-order chi connectivity index (χ1) is 18.4. The number of nitrogens with zero attached hydrogens (tertiary/aromatic N) is 1. The summed E-state index contributed by atoms with van der Waals surface area (Å²) in [6.07, 6.45) is 0. The lowest BCUT2D eigenvalue weighted by atomic mass is 9.30. The fourth-order valence-electron chi connectivity index (χ4n) is 8.29. The largest absolute Gasteiger partial charge is 0.310 e. The van der Waals surface area contributed by atoms with Gasteiger partial charge in [0.05, 0.1) is 5.52 Å². The Balaban J connectivity index is 1.46.